The minimum atomic E-state index is -0.898. The van der Waals surface area contributed by atoms with Crippen LogP contribution in [0, 0.1) is 5.92 Å². The van der Waals surface area contributed by atoms with Crippen molar-refractivity contribution in [3.63, 3.8) is 0 Å². The number of rotatable bonds is 18. The minimum absolute atomic E-state index is 0.194. The quantitative estimate of drug-likeness (QED) is 0.126. The topological polar surface area (TPSA) is 172 Å². The number of primary amides is 1. The SMILES string of the molecule is CNCCCCC(=O)N[C@H](C(=O)N[C@@H](CCCNC(N)=O)C(=O)Nc1ccc(CCC=O)cc1)C(C)C. The van der Waals surface area contributed by atoms with E-state index in [0.29, 0.717) is 37.8 Å². The predicted octanol–water partition coefficient (Wildman–Crippen LogP) is 1.22. The largest absolute Gasteiger partial charge is 0.352 e. The van der Waals surface area contributed by atoms with Crippen LogP contribution in [0.1, 0.15) is 57.9 Å². The molecular weight excluding hydrogens is 476 g/mol. The van der Waals surface area contributed by atoms with Crippen LogP contribution in [0.2, 0.25) is 0 Å². The first kappa shape index (κ1) is 31.6. The fourth-order valence-corrected chi connectivity index (χ4v) is 3.63. The van der Waals surface area contributed by atoms with E-state index in [1.807, 2.05) is 33.0 Å². The Kier molecular flexibility index (Phi) is 15.3. The smallest absolute Gasteiger partial charge is 0.312 e. The third-order valence-corrected chi connectivity index (χ3v) is 5.72. The van der Waals surface area contributed by atoms with Crippen LogP contribution in [0.15, 0.2) is 24.3 Å². The second-order valence-corrected chi connectivity index (χ2v) is 9.24. The summed E-state index contributed by atoms with van der Waals surface area (Å²) >= 11 is 0. The number of hydrogen-bond donors (Lipinski definition) is 6. The molecule has 7 N–H and O–H groups in total. The molecule has 0 aliphatic rings. The zero-order valence-corrected chi connectivity index (χ0v) is 22.1. The molecule has 0 spiro atoms. The number of urea groups is 1. The fraction of sp³-hybridized carbons (Fsp3) is 0.577. The lowest BCUT2D eigenvalue weighted by atomic mass is 10.0. The van der Waals surface area contributed by atoms with Crippen LogP contribution in [0.3, 0.4) is 0 Å². The van der Waals surface area contributed by atoms with Crippen LogP contribution in [-0.2, 0) is 25.6 Å². The molecule has 0 saturated heterocycles. The van der Waals surface area contributed by atoms with Crippen molar-refractivity contribution in [2.45, 2.75) is 70.9 Å². The number of hydrogen-bond acceptors (Lipinski definition) is 6. The Hall–Kier alpha value is -3.47. The van der Waals surface area contributed by atoms with E-state index in [9.17, 15) is 24.0 Å². The van der Waals surface area contributed by atoms with Crippen molar-refractivity contribution in [1.29, 1.82) is 0 Å². The van der Waals surface area contributed by atoms with Crippen LogP contribution < -0.4 is 32.3 Å². The number of aryl methyl sites for hydroxylation is 1. The first-order valence-corrected chi connectivity index (χ1v) is 12.8. The van der Waals surface area contributed by atoms with E-state index in [1.54, 1.807) is 12.1 Å². The maximum absolute atomic E-state index is 13.1. The molecule has 1 rings (SSSR count). The Bertz CT molecular complexity index is 875. The number of amides is 5. The van der Waals surface area contributed by atoms with E-state index in [4.69, 9.17) is 5.73 Å². The van der Waals surface area contributed by atoms with Crippen molar-refractivity contribution < 1.29 is 24.0 Å². The van der Waals surface area contributed by atoms with Crippen molar-refractivity contribution >= 4 is 35.7 Å². The zero-order valence-electron chi connectivity index (χ0n) is 22.1. The van der Waals surface area contributed by atoms with Gasteiger partial charge in [-0.25, -0.2) is 4.79 Å². The highest BCUT2D eigenvalue weighted by molar-refractivity contribution is 5.98. The molecule has 2 atom stereocenters. The van der Waals surface area contributed by atoms with Gasteiger partial charge < -0.3 is 37.1 Å². The number of aldehydes is 1. The third kappa shape index (κ3) is 13.4. The lowest BCUT2D eigenvalue weighted by Gasteiger charge is -2.25. The van der Waals surface area contributed by atoms with Gasteiger partial charge in [0.05, 0.1) is 0 Å². The Balaban J connectivity index is 2.85. The van der Waals surface area contributed by atoms with Crippen molar-refractivity contribution in [3.05, 3.63) is 29.8 Å². The Morgan fingerprint density at radius 3 is 2.24 bits per heavy atom. The van der Waals surface area contributed by atoms with E-state index in [1.165, 1.54) is 0 Å². The number of nitrogens with two attached hydrogens (primary N) is 1. The first-order valence-electron chi connectivity index (χ1n) is 12.8. The summed E-state index contributed by atoms with van der Waals surface area (Å²) in [6.45, 7) is 4.70. The molecule has 11 nitrogen and oxygen atoms in total. The zero-order chi connectivity index (χ0) is 27.6. The van der Waals surface area contributed by atoms with Gasteiger partial charge in [-0.2, -0.15) is 0 Å². The van der Waals surface area contributed by atoms with Crippen molar-refractivity contribution in [1.82, 2.24) is 21.3 Å². The van der Waals surface area contributed by atoms with Gasteiger partial charge in [0, 0.05) is 25.1 Å². The summed E-state index contributed by atoms with van der Waals surface area (Å²) in [4.78, 5) is 60.1. The van der Waals surface area contributed by atoms with Gasteiger partial charge in [0.15, 0.2) is 0 Å². The second kappa shape index (κ2) is 17.9. The first-order chi connectivity index (χ1) is 17.7. The minimum Gasteiger partial charge on any atom is -0.352 e. The molecule has 1 aromatic rings. The molecule has 5 amide bonds. The van der Waals surface area contributed by atoms with Gasteiger partial charge in [0.1, 0.15) is 18.4 Å². The molecule has 0 radical (unpaired) electrons. The summed E-state index contributed by atoms with van der Waals surface area (Å²) in [5.74, 6) is -1.29. The average Bonchev–Trinajstić information content (AvgIpc) is 2.86. The van der Waals surface area contributed by atoms with Gasteiger partial charge in [-0.1, -0.05) is 26.0 Å². The summed E-state index contributed by atoms with van der Waals surface area (Å²) in [6, 6.07) is 4.75. The number of unbranched alkanes of at least 4 members (excludes halogenated alkanes) is 1. The lowest BCUT2D eigenvalue weighted by molar-refractivity contribution is -0.132. The molecule has 0 heterocycles. The molecule has 0 aliphatic carbocycles. The molecule has 0 bridgehead atoms. The van der Waals surface area contributed by atoms with E-state index in [0.717, 1.165) is 24.8 Å². The van der Waals surface area contributed by atoms with Crippen LogP contribution in [0.4, 0.5) is 10.5 Å². The predicted molar refractivity (Wildman–Crippen MR) is 143 cm³/mol. The van der Waals surface area contributed by atoms with Crippen LogP contribution >= 0.6 is 0 Å². The number of nitrogens with one attached hydrogen (secondary N) is 5. The highest BCUT2D eigenvalue weighted by Gasteiger charge is 2.28. The Morgan fingerprint density at radius 1 is 0.946 bits per heavy atom. The summed E-state index contributed by atoms with van der Waals surface area (Å²) in [6.07, 6.45) is 4.39. The molecule has 0 aliphatic heterocycles. The highest BCUT2D eigenvalue weighted by Crippen LogP contribution is 2.13. The molecule has 0 saturated carbocycles. The molecule has 37 heavy (non-hydrogen) atoms. The van der Waals surface area contributed by atoms with E-state index in [-0.39, 0.29) is 24.8 Å². The average molecular weight is 519 g/mol. The van der Waals surface area contributed by atoms with Gasteiger partial charge in [-0.05, 0) is 69.3 Å². The molecule has 0 unspecified atom stereocenters. The fourth-order valence-electron chi connectivity index (χ4n) is 3.63. The van der Waals surface area contributed by atoms with Gasteiger partial charge >= 0.3 is 6.03 Å². The molecular formula is C26H42N6O5. The number of anilines is 1. The van der Waals surface area contributed by atoms with E-state index < -0.39 is 29.9 Å². The molecule has 0 aromatic heterocycles. The summed E-state index contributed by atoms with van der Waals surface area (Å²) in [5, 5.41) is 13.9. The molecule has 11 heteroatoms. The Morgan fingerprint density at radius 2 is 1.65 bits per heavy atom. The Labute approximate surface area is 219 Å². The molecule has 206 valence electrons. The second-order valence-electron chi connectivity index (χ2n) is 9.24. The third-order valence-electron chi connectivity index (χ3n) is 5.72. The number of carbonyl (C=O) groups excluding carboxylic acids is 5. The van der Waals surface area contributed by atoms with Crippen LogP contribution in [-0.4, -0.2) is 62.3 Å². The molecule has 1 aromatic carbocycles. The van der Waals surface area contributed by atoms with Gasteiger partial charge in [0.25, 0.3) is 0 Å². The lowest BCUT2D eigenvalue weighted by Crippen LogP contribution is -2.54. The van der Waals surface area contributed by atoms with E-state index in [2.05, 4.69) is 26.6 Å². The normalized spacial score (nSPS) is 12.3. The van der Waals surface area contributed by atoms with Crippen molar-refractivity contribution in [3.8, 4) is 0 Å². The maximum Gasteiger partial charge on any atom is 0.312 e. The van der Waals surface area contributed by atoms with Crippen molar-refractivity contribution in [2.24, 2.45) is 11.7 Å². The van der Waals surface area contributed by atoms with Gasteiger partial charge in [0.2, 0.25) is 17.7 Å². The van der Waals surface area contributed by atoms with Crippen LogP contribution in [0.5, 0.6) is 0 Å². The summed E-state index contributed by atoms with van der Waals surface area (Å²) in [5.41, 5.74) is 6.62. The number of carbonyl (C=O) groups is 5. The standard InChI is InChI=1S/C26H42N6O5/c1-18(2)23(32-22(34)10-4-5-15-28-3)25(36)31-21(9-6-16-29-26(27)37)24(35)30-20-13-11-19(12-14-20)8-7-17-33/h11-14,17-18,21,23,28H,4-10,15-16H2,1-3H3,(H,30,35)(H,31,36)(H,32,34)(H3,27,29,37)/t21-,23-/m0/s1. The van der Waals surface area contributed by atoms with Crippen molar-refractivity contribution in [2.75, 3.05) is 25.5 Å². The summed E-state index contributed by atoms with van der Waals surface area (Å²) in [7, 11) is 1.85. The molecule has 0 fully saturated rings. The highest BCUT2D eigenvalue weighted by atomic mass is 16.2. The monoisotopic (exact) mass is 518 g/mol. The van der Waals surface area contributed by atoms with Gasteiger partial charge in [-0.15, -0.1) is 0 Å². The van der Waals surface area contributed by atoms with E-state index >= 15 is 0 Å². The maximum atomic E-state index is 13.1. The summed E-state index contributed by atoms with van der Waals surface area (Å²) < 4.78 is 0. The number of benzene rings is 1. The van der Waals surface area contributed by atoms with Crippen LogP contribution in [0.25, 0.3) is 0 Å². The van der Waals surface area contributed by atoms with Gasteiger partial charge in [-0.3, -0.25) is 14.4 Å².